The Morgan fingerprint density at radius 2 is 1.73 bits per heavy atom. The van der Waals surface area contributed by atoms with Crippen molar-refractivity contribution in [3.05, 3.63) is 0 Å². The molecule has 0 spiro atoms. The molecule has 0 aliphatic carbocycles. The molecule has 0 aliphatic heterocycles. The molecule has 0 aromatic heterocycles. The van der Waals surface area contributed by atoms with Gasteiger partial charge in [-0.2, -0.15) is 13.2 Å². The largest absolute Gasteiger partial charge is 0.405 e. The van der Waals surface area contributed by atoms with Crippen molar-refractivity contribution < 1.29 is 13.2 Å². The van der Waals surface area contributed by atoms with Crippen LogP contribution < -0.4 is 5.73 Å². The Morgan fingerprint density at radius 3 is 2.00 bits per heavy atom. The van der Waals surface area contributed by atoms with E-state index in [0.29, 0.717) is 25.9 Å². The van der Waals surface area contributed by atoms with Crippen LogP contribution in [0.5, 0.6) is 0 Å². The maximum Gasteiger partial charge on any atom is 0.405 e. The van der Waals surface area contributed by atoms with Crippen LogP contribution in [-0.4, -0.2) is 36.2 Å². The summed E-state index contributed by atoms with van der Waals surface area (Å²) >= 11 is 0. The molecule has 0 fully saturated rings. The maximum atomic E-state index is 12.8. The van der Waals surface area contributed by atoms with E-state index in [4.69, 9.17) is 5.73 Å². The van der Waals surface area contributed by atoms with Crippen molar-refractivity contribution in [1.29, 1.82) is 0 Å². The molecule has 0 aromatic rings. The zero-order valence-electron chi connectivity index (χ0n) is 9.64. The van der Waals surface area contributed by atoms with E-state index in [0.717, 1.165) is 0 Å². The van der Waals surface area contributed by atoms with E-state index in [2.05, 4.69) is 0 Å². The van der Waals surface area contributed by atoms with Crippen LogP contribution in [0.1, 0.15) is 33.6 Å². The zero-order chi connectivity index (χ0) is 12.1. The summed E-state index contributed by atoms with van der Waals surface area (Å²) in [4.78, 5) is 1.41. The summed E-state index contributed by atoms with van der Waals surface area (Å²) in [5, 5.41) is 0. The minimum Gasteiger partial charge on any atom is -0.326 e. The summed E-state index contributed by atoms with van der Waals surface area (Å²) in [6, 6.07) is -2.34. The molecule has 0 aromatic carbocycles. The Morgan fingerprint density at radius 1 is 1.20 bits per heavy atom. The molecule has 2 unspecified atom stereocenters. The van der Waals surface area contributed by atoms with Crippen LogP contribution >= 0.6 is 0 Å². The van der Waals surface area contributed by atoms with E-state index >= 15 is 0 Å². The van der Waals surface area contributed by atoms with Crippen molar-refractivity contribution in [2.45, 2.75) is 51.9 Å². The third-order valence-electron chi connectivity index (χ3n) is 2.52. The van der Waals surface area contributed by atoms with E-state index in [-0.39, 0.29) is 0 Å². The first-order valence-electron chi connectivity index (χ1n) is 5.44. The van der Waals surface area contributed by atoms with Crippen molar-refractivity contribution >= 4 is 0 Å². The van der Waals surface area contributed by atoms with Crippen LogP contribution in [0.15, 0.2) is 0 Å². The fourth-order valence-corrected chi connectivity index (χ4v) is 1.72. The van der Waals surface area contributed by atoms with Gasteiger partial charge in [0.2, 0.25) is 0 Å². The molecule has 15 heavy (non-hydrogen) atoms. The molecule has 0 saturated heterocycles. The standard InChI is InChI=1S/C10H21F3N2/c1-4-7-15(6-3)9(8(14)5-2)10(11,12)13/h8-9H,4-7,14H2,1-3H3. The van der Waals surface area contributed by atoms with Crippen LogP contribution in [0, 0.1) is 0 Å². The molecule has 2 atom stereocenters. The highest BCUT2D eigenvalue weighted by atomic mass is 19.4. The Kier molecular flexibility index (Phi) is 6.20. The Labute approximate surface area is 89.6 Å². The van der Waals surface area contributed by atoms with Crippen LogP contribution in [0.4, 0.5) is 13.2 Å². The van der Waals surface area contributed by atoms with Crippen LogP contribution in [0.25, 0.3) is 0 Å². The molecule has 5 heteroatoms. The highest BCUT2D eigenvalue weighted by Crippen LogP contribution is 2.27. The SMILES string of the molecule is CCCN(CC)C(C(N)CC)C(F)(F)F. The first kappa shape index (κ1) is 14.7. The fourth-order valence-electron chi connectivity index (χ4n) is 1.72. The average molecular weight is 226 g/mol. The first-order valence-corrected chi connectivity index (χ1v) is 5.44. The minimum absolute atomic E-state index is 0.338. The summed E-state index contributed by atoms with van der Waals surface area (Å²) in [6.07, 6.45) is -3.19. The molecule has 2 nitrogen and oxygen atoms in total. The van der Waals surface area contributed by atoms with Gasteiger partial charge in [-0.25, -0.2) is 0 Å². The maximum absolute atomic E-state index is 12.8. The molecular formula is C10H21F3N2. The number of halogens is 3. The summed E-state index contributed by atoms with van der Waals surface area (Å²) in [5.41, 5.74) is 5.55. The molecule has 0 radical (unpaired) electrons. The van der Waals surface area contributed by atoms with Gasteiger partial charge in [-0.1, -0.05) is 20.8 Å². The molecule has 92 valence electrons. The van der Waals surface area contributed by atoms with Crippen molar-refractivity contribution in [3.8, 4) is 0 Å². The molecular weight excluding hydrogens is 205 g/mol. The Bertz CT molecular complexity index is 171. The van der Waals surface area contributed by atoms with Gasteiger partial charge in [-0.3, -0.25) is 4.90 Å². The van der Waals surface area contributed by atoms with Gasteiger partial charge in [0.15, 0.2) is 0 Å². The summed E-state index contributed by atoms with van der Waals surface area (Å²) in [6.45, 7) is 6.10. The molecule has 0 heterocycles. The van der Waals surface area contributed by atoms with Gasteiger partial charge in [0.1, 0.15) is 6.04 Å². The van der Waals surface area contributed by atoms with Crippen molar-refractivity contribution in [2.75, 3.05) is 13.1 Å². The van der Waals surface area contributed by atoms with Crippen LogP contribution in [0.2, 0.25) is 0 Å². The quantitative estimate of drug-likeness (QED) is 0.753. The van der Waals surface area contributed by atoms with Gasteiger partial charge in [0.25, 0.3) is 0 Å². The van der Waals surface area contributed by atoms with E-state index in [1.165, 1.54) is 4.90 Å². The van der Waals surface area contributed by atoms with Gasteiger partial charge >= 0.3 is 6.18 Å². The van der Waals surface area contributed by atoms with E-state index in [9.17, 15) is 13.2 Å². The molecule has 0 rings (SSSR count). The summed E-state index contributed by atoms with van der Waals surface area (Å²) in [7, 11) is 0. The lowest BCUT2D eigenvalue weighted by atomic mass is 10.0. The molecule has 0 aliphatic rings. The van der Waals surface area contributed by atoms with Crippen molar-refractivity contribution in [2.24, 2.45) is 5.73 Å². The topological polar surface area (TPSA) is 29.3 Å². The summed E-state index contributed by atoms with van der Waals surface area (Å²) in [5.74, 6) is 0. The van der Waals surface area contributed by atoms with Crippen LogP contribution in [0.3, 0.4) is 0 Å². The van der Waals surface area contributed by atoms with E-state index in [1.54, 1.807) is 13.8 Å². The first-order chi connectivity index (χ1) is 6.88. The molecule has 2 N–H and O–H groups in total. The van der Waals surface area contributed by atoms with E-state index in [1.807, 2.05) is 6.92 Å². The van der Waals surface area contributed by atoms with E-state index < -0.39 is 18.3 Å². The highest BCUT2D eigenvalue weighted by Gasteiger charge is 2.45. The van der Waals surface area contributed by atoms with Crippen molar-refractivity contribution in [1.82, 2.24) is 4.90 Å². The molecule has 0 amide bonds. The third-order valence-corrected chi connectivity index (χ3v) is 2.52. The van der Waals surface area contributed by atoms with Gasteiger partial charge in [-0.05, 0) is 25.9 Å². The lowest BCUT2D eigenvalue weighted by Gasteiger charge is -2.35. The van der Waals surface area contributed by atoms with Gasteiger partial charge < -0.3 is 5.73 Å². The predicted molar refractivity (Wildman–Crippen MR) is 55.6 cm³/mol. The number of alkyl halides is 3. The Hall–Kier alpha value is -0.290. The number of nitrogens with two attached hydrogens (primary N) is 1. The number of hydrogen-bond donors (Lipinski definition) is 1. The lowest BCUT2D eigenvalue weighted by Crippen LogP contribution is -2.56. The second kappa shape index (κ2) is 6.33. The van der Waals surface area contributed by atoms with Crippen LogP contribution in [-0.2, 0) is 0 Å². The van der Waals surface area contributed by atoms with Crippen molar-refractivity contribution in [3.63, 3.8) is 0 Å². The second-order valence-corrected chi connectivity index (χ2v) is 3.69. The van der Waals surface area contributed by atoms with Gasteiger partial charge in [-0.15, -0.1) is 0 Å². The highest BCUT2D eigenvalue weighted by molar-refractivity contribution is 4.87. The zero-order valence-corrected chi connectivity index (χ0v) is 9.64. The Balaban J connectivity index is 4.73. The monoisotopic (exact) mass is 226 g/mol. The van der Waals surface area contributed by atoms with Gasteiger partial charge in [0.05, 0.1) is 0 Å². The normalized spacial score (nSPS) is 16.8. The third kappa shape index (κ3) is 4.38. The lowest BCUT2D eigenvalue weighted by molar-refractivity contribution is -0.189. The second-order valence-electron chi connectivity index (χ2n) is 3.69. The number of rotatable bonds is 6. The number of nitrogens with zero attached hydrogens (tertiary/aromatic N) is 1. The summed E-state index contributed by atoms with van der Waals surface area (Å²) < 4.78 is 38.4. The fraction of sp³-hybridized carbons (Fsp3) is 1.00. The smallest absolute Gasteiger partial charge is 0.326 e. The minimum atomic E-state index is -4.24. The average Bonchev–Trinajstić information content (AvgIpc) is 2.14. The number of hydrogen-bond acceptors (Lipinski definition) is 2. The predicted octanol–water partition coefficient (Wildman–Crippen LogP) is 2.39. The van der Waals surface area contributed by atoms with Gasteiger partial charge in [0, 0.05) is 6.04 Å². The molecule has 0 bridgehead atoms. The number of likely N-dealkylation sites (N-methyl/N-ethyl adjacent to an activating group) is 1. The molecule has 0 saturated carbocycles.